The van der Waals surface area contributed by atoms with Gasteiger partial charge in [-0.15, -0.1) is 0 Å². The van der Waals surface area contributed by atoms with Gasteiger partial charge >= 0.3 is 0 Å². The Morgan fingerprint density at radius 1 is 1.22 bits per heavy atom. The van der Waals surface area contributed by atoms with Gasteiger partial charge in [-0.2, -0.15) is 0 Å². The molecule has 0 aliphatic carbocycles. The molecule has 27 heavy (non-hydrogen) atoms. The Kier molecular flexibility index (Phi) is 6.08. The van der Waals surface area contributed by atoms with Crippen molar-refractivity contribution >= 4 is 11.8 Å². The summed E-state index contributed by atoms with van der Waals surface area (Å²) in [5.74, 6) is 0.100. The van der Waals surface area contributed by atoms with Gasteiger partial charge < -0.3 is 20.1 Å². The second kappa shape index (κ2) is 8.68. The fraction of sp³-hybridized carbons (Fsp3) is 0.333. The molecule has 0 radical (unpaired) electrons. The van der Waals surface area contributed by atoms with Crippen molar-refractivity contribution in [1.82, 2.24) is 10.2 Å². The molecule has 3 rings (SSSR count). The Labute approximate surface area is 158 Å². The number of nitrogens with zero attached hydrogens (tertiary/aromatic N) is 1. The van der Waals surface area contributed by atoms with Crippen molar-refractivity contribution in [2.75, 3.05) is 20.2 Å². The van der Waals surface area contributed by atoms with E-state index in [1.54, 1.807) is 36.3 Å². The maximum Gasteiger partial charge on any atom is 0.225 e. The van der Waals surface area contributed by atoms with Gasteiger partial charge in [0.05, 0.1) is 19.1 Å². The lowest BCUT2D eigenvalue weighted by molar-refractivity contribution is -0.129. The van der Waals surface area contributed by atoms with Crippen LogP contribution in [0.1, 0.15) is 23.7 Å². The third kappa shape index (κ3) is 4.86. The summed E-state index contributed by atoms with van der Waals surface area (Å²) in [6.07, 6.45) is -0.602. The van der Waals surface area contributed by atoms with Gasteiger partial charge in [0.1, 0.15) is 5.75 Å². The predicted molar refractivity (Wildman–Crippen MR) is 101 cm³/mol. The van der Waals surface area contributed by atoms with E-state index in [-0.39, 0.29) is 30.7 Å². The van der Waals surface area contributed by atoms with Crippen molar-refractivity contribution in [1.29, 1.82) is 0 Å². The highest BCUT2D eigenvalue weighted by atomic mass is 16.5. The van der Waals surface area contributed by atoms with E-state index in [0.29, 0.717) is 24.4 Å². The van der Waals surface area contributed by atoms with Crippen LogP contribution in [-0.4, -0.2) is 42.0 Å². The number of hydrogen-bond donors (Lipinski definition) is 2. The number of aliphatic hydroxyl groups excluding tert-OH is 1. The highest BCUT2D eigenvalue weighted by Gasteiger charge is 2.34. The van der Waals surface area contributed by atoms with E-state index in [0.717, 1.165) is 5.56 Å². The molecule has 1 aliphatic rings. The molecular formula is C21H24N2O4. The molecule has 6 nitrogen and oxygen atoms in total. The zero-order valence-corrected chi connectivity index (χ0v) is 15.3. The zero-order valence-electron chi connectivity index (χ0n) is 15.3. The highest BCUT2D eigenvalue weighted by Crippen LogP contribution is 2.21. The van der Waals surface area contributed by atoms with E-state index in [2.05, 4.69) is 5.32 Å². The van der Waals surface area contributed by atoms with E-state index < -0.39 is 6.10 Å². The number of aliphatic hydroxyl groups is 1. The third-order valence-corrected chi connectivity index (χ3v) is 4.77. The van der Waals surface area contributed by atoms with Gasteiger partial charge in [-0.25, -0.2) is 0 Å². The molecule has 1 heterocycles. The molecule has 1 saturated heterocycles. The van der Waals surface area contributed by atoms with Crippen LogP contribution in [0.5, 0.6) is 5.75 Å². The van der Waals surface area contributed by atoms with Gasteiger partial charge in [0, 0.05) is 26.1 Å². The number of ether oxygens (including phenoxy) is 1. The summed E-state index contributed by atoms with van der Waals surface area (Å²) in [6, 6.07) is 16.8. The standard InChI is InChI=1S/C21H24N2O4/c1-27-18-9-7-16(8-10-18)19(24)12-22-21(26)17-11-20(25)23(14-17)13-15-5-3-2-4-6-15/h2-10,17,19,24H,11-14H2,1H3,(H,22,26). The molecule has 142 valence electrons. The second-order valence-corrected chi connectivity index (χ2v) is 6.70. The van der Waals surface area contributed by atoms with Crippen LogP contribution in [0.15, 0.2) is 54.6 Å². The lowest BCUT2D eigenvalue weighted by atomic mass is 10.1. The molecule has 2 aromatic carbocycles. The minimum atomic E-state index is -0.808. The summed E-state index contributed by atoms with van der Waals surface area (Å²) in [7, 11) is 1.58. The van der Waals surface area contributed by atoms with Crippen LogP contribution in [0.3, 0.4) is 0 Å². The number of carbonyl (C=O) groups is 2. The Balaban J connectivity index is 1.50. The first-order valence-electron chi connectivity index (χ1n) is 8.98. The fourth-order valence-electron chi connectivity index (χ4n) is 3.19. The van der Waals surface area contributed by atoms with Crippen molar-refractivity contribution in [2.24, 2.45) is 5.92 Å². The summed E-state index contributed by atoms with van der Waals surface area (Å²) in [5, 5.41) is 13.0. The molecule has 6 heteroatoms. The predicted octanol–water partition coefficient (Wildman–Crippen LogP) is 1.89. The zero-order chi connectivity index (χ0) is 19.2. The number of rotatable bonds is 7. The molecule has 0 bridgehead atoms. The van der Waals surface area contributed by atoms with Crippen LogP contribution >= 0.6 is 0 Å². The first-order chi connectivity index (χ1) is 13.1. The number of likely N-dealkylation sites (tertiary alicyclic amines) is 1. The topological polar surface area (TPSA) is 78.9 Å². The smallest absolute Gasteiger partial charge is 0.225 e. The fourth-order valence-corrected chi connectivity index (χ4v) is 3.19. The summed E-state index contributed by atoms with van der Waals surface area (Å²) in [5.41, 5.74) is 1.74. The molecule has 2 aromatic rings. The number of nitrogens with one attached hydrogen (secondary N) is 1. The van der Waals surface area contributed by atoms with Gasteiger partial charge in [0.2, 0.25) is 11.8 Å². The van der Waals surface area contributed by atoms with Crippen LogP contribution in [-0.2, 0) is 16.1 Å². The molecule has 0 spiro atoms. The van der Waals surface area contributed by atoms with Crippen molar-refractivity contribution in [3.63, 3.8) is 0 Å². The Morgan fingerprint density at radius 3 is 2.59 bits per heavy atom. The Bertz CT molecular complexity index is 777. The molecule has 1 fully saturated rings. The van der Waals surface area contributed by atoms with Crippen LogP contribution in [0.2, 0.25) is 0 Å². The summed E-state index contributed by atoms with van der Waals surface area (Å²) in [4.78, 5) is 26.3. The van der Waals surface area contributed by atoms with E-state index in [1.807, 2.05) is 30.3 Å². The van der Waals surface area contributed by atoms with Gasteiger partial charge in [-0.1, -0.05) is 42.5 Å². The second-order valence-electron chi connectivity index (χ2n) is 6.70. The van der Waals surface area contributed by atoms with E-state index in [4.69, 9.17) is 4.74 Å². The quantitative estimate of drug-likeness (QED) is 0.782. The Morgan fingerprint density at radius 2 is 1.93 bits per heavy atom. The molecule has 0 aromatic heterocycles. The van der Waals surface area contributed by atoms with Crippen LogP contribution in [0.25, 0.3) is 0 Å². The SMILES string of the molecule is COc1ccc(C(O)CNC(=O)C2CC(=O)N(Cc3ccccc3)C2)cc1. The molecular weight excluding hydrogens is 344 g/mol. The number of benzene rings is 2. The van der Waals surface area contributed by atoms with Gasteiger partial charge in [0.25, 0.3) is 0 Å². The minimum absolute atomic E-state index is 0.0188. The molecule has 2 atom stereocenters. The monoisotopic (exact) mass is 368 g/mol. The molecule has 2 N–H and O–H groups in total. The minimum Gasteiger partial charge on any atom is -0.497 e. The van der Waals surface area contributed by atoms with Crippen molar-refractivity contribution in [2.45, 2.75) is 19.1 Å². The molecule has 2 unspecified atom stereocenters. The summed E-state index contributed by atoms with van der Waals surface area (Å²) >= 11 is 0. The van der Waals surface area contributed by atoms with Gasteiger partial charge in [-0.3, -0.25) is 9.59 Å². The van der Waals surface area contributed by atoms with Crippen LogP contribution in [0.4, 0.5) is 0 Å². The molecule has 2 amide bonds. The van der Waals surface area contributed by atoms with Crippen molar-refractivity contribution in [3.8, 4) is 5.75 Å². The number of hydrogen-bond acceptors (Lipinski definition) is 4. The largest absolute Gasteiger partial charge is 0.497 e. The summed E-state index contributed by atoms with van der Waals surface area (Å²) < 4.78 is 5.09. The van der Waals surface area contributed by atoms with Crippen molar-refractivity contribution in [3.05, 3.63) is 65.7 Å². The maximum atomic E-state index is 12.4. The number of methoxy groups -OCH3 is 1. The van der Waals surface area contributed by atoms with Crippen molar-refractivity contribution < 1.29 is 19.4 Å². The molecule has 1 aliphatic heterocycles. The maximum absolute atomic E-state index is 12.4. The number of carbonyl (C=O) groups excluding carboxylic acids is 2. The van der Waals surface area contributed by atoms with E-state index in [9.17, 15) is 14.7 Å². The first kappa shape index (κ1) is 18.9. The Hall–Kier alpha value is -2.86. The normalized spacial score (nSPS) is 17.6. The third-order valence-electron chi connectivity index (χ3n) is 4.77. The van der Waals surface area contributed by atoms with Gasteiger partial charge in [-0.05, 0) is 23.3 Å². The first-order valence-corrected chi connectivity index (χ1v) is 8.98. The lowest BCUT2D eigenvalue weighted by Gasteiger charge is -2.17. The van der Waals surface area contributed by atoms with Crippen LogP contribution < -0.4 is 10.1 Å². The van der Waals surface area contributed by atoms with Crippen LogP contribution in [0, 0.1) is 5.92 Å². The lowest BCUT2D eigenvalue weighted by Crippen LogP contribution is -2.35. The average Bonchev–Trinajstić information content (AvgIpc) is 3.07. The average molecular weight is 368 g/mol. The highest BCUT2D eigenvalue weighted by molar-refractivity contribution is 5.89. The van der Waals surface area contributed by atoms with E-state index in [1.165, 1.54) is 0 Å². The molecule has 0 saturated carbocycles. The summed E-state index contributed by atoms with van der Waals surface area (Å²) in [6.45, 7) is 1.02. The van der Waals surface area contributed by atoms with Gasteiger partial charge in [0.15, 0.2) is 0 Å². The number of amides is 2. The van der Waals surface area contributed by atoms with E-state index >= 15 is 0 Å².